The van der Waals surface area contributed by atoms with Gasteiger partial charge in [-0.2, -0.15) is 8.61 Å². The van der Waals surface area contributed by atoms with Gasteiger partial charge in [-0.25, -0.2) is 21.6 Å². The summed E-state index contributed by atoms with van der Waals surface area (Å²) in [7, 11) is -7.51. The molecule has 0 saturated carbocycles. The van der Waals surface area contributed by atoms with Crippen LogP contribution >= 0.6 is 0 Å². The van der Waals surface area contributed by atoms with Crippen LogP contribution in [0.4, 0.5) is 4.79 Å². The molecule has 0 unspecified atom stereocenters. The highest BCUT2D eigenvalue weighted by atomic mass is 32.2. The predicted octanol–water partition coefficient (Wildman–Crippen LogP) is 3.19. The molecule has 86 heavy (non-hydrogen) atoms. The molecule has 8 saturated heterocycles. The second kappa shape index (κ2) is 42.5. The average molecular weight is 1290 g/mol. The van der Waals surface area contributed by atoms with Crippen molar-refractivity contribution in [2.24, 2.45) is 0 Å². The lowest BCUT2D eigenvalue weighted by Gasteiger charge is -2.36. The molecule has 5 amide bonds. The van der Waals surface area contributed by atoms with Crippen molar-refractivity contribution in [3.05, 3.63) is 0 Å². The van der Waals surface area contributed by atoms with Crippen molar-refractivity contribution in [1.29, 1.82) is 0 Å². The van der Waals surface area contributed by atoms with Crippen LogP contribution in [0.2, 0.25) is 0 Å². The minimum Gasteiger partial charge on any atom is -0.392 e. The summed E-state index contributed by atoms with van der Waals surface area (Å²) in [5, 5.41) is 17.9. The first kappa shape index (κ1) is 85.5. The zero-order chi connectivity index (χ0) is 64.3. The molecule has 1 atom stereocenters. The number of hydrogen-bond acceptors (Lipinski definition) is 17. The Morgan fingerprint density at radius 2 is 0.977 bits per heavy atom. The first-order valence-electron chi connectivity index (χ1n) is 31.1. The lowest BCUT2D eigenvalue weighted by molar-refractivity contribution is -0.133. The summed E-state index contributed by atoms with van der Waals surface area (Å²) in [6.07, 6.45) is 2.96. The van der Waals surface area contributed by atoms with E-state index in [1.807, 2.05) is 51.3 Å². The molecule has 0 aliphatic carbocycles. The van der Waals surface area contributed by atoms with Crippen LogP contribution in [-0.2, 0) is 44.0 Å². The molecule has 0 spiro atoms. The van der Waals surface area contributed by atoms with Crippen LogP contribution in [0.25, 0.3) is 0 Å². The number of nitrogens with zero attached hydrogens (tertiary/aromatic N) is 10. The average Bonchev–Trinajstić information content (AvgIpc) is 3.80. The van der Waals surface area contributed by atoms with Crippen LogP contribution in [0.5, 0.6) is 0 Å². The summed E-state index contributed by atoms with van der Waals surface area (Å²) in [5.41, 5.74) is 0. The van der Waals surface area contributed by atoms with Gasteiger partial charge in [-0.15, -0.1) is 0 Å². The first-order chi connectivity index (χ1) is 38.9. The van der Waals surface area contributed by atoms with E-state index < -0.39 is 29.6 Å². The molecular formula is C60H129N13O10S3. The number of nitrogens with one attached hydrogen (secondary N) is 3. The van der Waals surface area contributed by atoms with Crippen LogP contribution in [0.1, 0.15) is 145 Å². The van der Waals surface area contributed by atoms with E-state index in [4.69, 9.17) is 5.11 Å². The van der Waals surface area contributed by atoms with Gasteiger partial charge in [0.05, 0.1) is 31.2 Å². The summed E-state index contributed by atoms with van der Waals surface area (Å²) in [6, 6.07) is 3.22. The molecule has 512 valence electrons. The maximum absolute atomic E-state index is 11.4. The van der Waals surface area contributed by atoms with Crippen molar-refractivity contribution >= 4 is 59.2 Å². The summed E-state index contributed by atoms with van der Waals surface area (Å²) >= 11 is 0. The maximum atomic E-state index is 11.4. The number of rotatable bonds is 9. The highest BCUT2D eigenvalue weighted by Crippen LogP contribution is 2.16. The molecule has 8 rings (SSSR count). The zero-order valence-electron chi connectivity index (χ0n) is 55.6. The van der Waals surface area contributed by atoms with Gasteiger partial charge < -0.3 is 30.9 Å². The van der Waals surface area contributed by atoms with E-state index in [9.17, 15) is 40.2 Å². The summed E-state index contributed by atoms with van der Waals surface area (Å²) in [6.45, 7) is 53.6. The molecular weight excluding hydrogens is 1160 g/mol. The quantitative estimate of drug-likeness (QED) is 0.191. The first-order valence-corrected chi connectivity index (χ1v) is 36.7. The number of aliphatic hydroxyl groups excluding tert-OH is 1. The minimum atomic E-state index is -2.97. The largest absolute Gasteiger partial charge is 0.392 e. The van der Waals surface area contributed by atoms with Gasteiger partial charge in [0.1, 0.15) is 0 Å². The lowest BCUT2D eigenvalue weighted by atomic mass is 10.2. The number of carbonyl (C=O) groups excluding carboxylic acids is 4. The van der Waals surface area contributed by atoms with Crippen molar-refractivity contribution in [3.63, 3.8) is 0 Å². The van der Waals surface area contributed by atoms with Crippen molar-refractivity contribution in [3.8, 4) is 0 Å². The Kier molecular flexibility index (Phi) is 42.2. The van der Waals surface area contributed by atoms with Gasteiger partial charge in [0.2, 0.25) is 37.8 Å². The number of hydrogen-bond donors (Lipinski definition) is 4. The van der Waals surface area contributed by atoms with Crippen molar-refractivity contribution in [2.75, 3.05) is 161 Å². The highest BCUT2D eigenvalue weighted by Gasteiger charge is 2.32. The van der Waals surface area contributed by atoms with E-state index >= 15 is 0 Å². The summed E-state index contributed by atoms with van der Waals surface area (Å²) < 4.78 is 59.1. The number of amides is 5. The van der Waals surface area contributed by atoms with Crippen molar-refractivity contribution < 1.29 is 45.3 Å². The van der Waals surface area contributed by atoms with Gasteiger partial charge >= 0.3 is 6.03 Å². The molecule has 4 N–H and O–H groups in total. The zero-order valence-corrected chi connectivity index (χ0v) is 58.1. The summed E-state index contributed by atoms with van der Waals surface area (Å²) in [5.74, 6) is 5.92. The second-order valence-electron chi connectivity index (χ2n) is 25.1. The Morgan fingerprint density at radius 3 is 1.26 bits per heavy atom. The number of piperazine rings is 4. The Hall–Kier alpha value is -2.60. The number of aliphatic hydroxyl groups is 1. The third-order valence-corrected chi connectivity index (χ3v) is 21.1. The number of sulfonamides is 2. The summed E-state index contributed by atoms with van der Waals surface area (Å²) in [4.78, 5) is 60.7. The van der Waals surface area contributed by atoms with E-state index in [-0.39, 0.29) is 63.3 Å². The highest BCUT2D eigenvalue weighted by molar-refractivity contribution is 8.00. The topological polar surface area (TPSA) is 242 Å². The van der Waals surface area contributed by atoms with Gasteiger partial charge in [-0.1, -0.05) is 14.9 Å². The van der Waals surface area contributed by atoms with E-state index in [2.05, 4.69) is 116 Å². The van der Waals surface area contributed by atoms with Crippen molar-refractivity contribution in [2.45, 2.75) is 200 Å². The molecule has 23 nitrogen and oxygen atoms in total. The molecule has 0 aromatic rings. The third-order valence-electron chi connectivity index (χ3n) is 15.9. The molecule has 8 aliphatic heterocycles. The molecule has 0 radical (unpaired) electrons. The van der Waals surface area contributed by atoms with Crippen LogP contribution in [-0.4, -0.2) is 319 Å². The molecule has 0 aromatic heterocycles. The van der Waals surface area contributed by atoms with Gasteiger partial charge in [0.15, 0.2) is 0 Å². The van der Waals surface area contributed by atoms with E-state index in [1.165, 1.54) is 24.2 Å². The fourth-order valence-electron chi connectivity index (χ4n) is 10.2. The molecule has 8 fully saturated rings. The van der Waals surface area contributed by atoms with E-state index in [0.717, 1.165) is 122 Å². The fraction of sp³-hybridized carbons (Fsp3) is 0.917. The number of imide groups is 1. The molecule has 8 heterocycles. The number of likely N-dealkylation sites (tertiary alicyclic amines) is 1. The van der Waals surface area contributed by atoms with Gasteiger partial charge in [-0.05, 0) is 139 Å². The van der Waals surface area contributed by atoms with Crippen LogP contribution in [0.3, 0.4) is 0 Å². The van der Waals surface area contributed by atoms with E-state index in [0.29, 0.717) is 62.1 Å². The Balaban J connectivity index is 0. The van der Waals surface area contributed by atoms with E-state index in [1.54, 1.807) is 15.5 Å². The van der Waals surface area contributed by atoms with Gasteiger partial charge in [0.25, 0.3) is 0 Å². The minimum absolute atomic E-state index is 0. The smallest absolute Gasteiger partial charge is 0.324 e. The number of carbonyl (C=O) groups is 4. The maximum Gasteiger partial charge on any atom is 0.324 e. The van der Waals surface area contributed by atoms with Crippen LogP contribution < -0.4 is 16.0 Å². The number of β-amino-alcohol motifs (C(OH)–C–C–N with tert-alkyl or cyclic N) is 1. The number of urea groups is 1. The normalized spacial score (nSPS) is 22.6. The van der Waals surface area contributed by atoms with Crippen LogP contribution in [0.15, 0.2) is 0 Å². The Labute approximate surface area is 526 Å². The Morgan fingerprint density at radius 1 is 0.535 bits per heavy atom. The van der Waals surface area contributed by atoms with Gasteiger partial charge in [0, 0.05) is 191 Å². The fourth-order valence-corrected chi connectivity index (χ4v) is 14.1. The molecule has 26 heteroatoms. The predicted molar refractivity (Wildman–Crippen MR) is 360 cm³/mol. The molecule has 0 bridgehead atoms. The standard InChI is InChI=1S/C9H18N2O.C8H18N2O2S.C8H17NOS.C7H14N2O.C7H16N2.C7H15NO.C6H10N2O2.C6H13NO2S.2CH4/c1-8(2)10-4-6-11(7-5-10)9(3)12;1-8(2)9-4-6-10(7-5-9)13(3,11)12;1-8(2)9-4-6-11(3,10)7-5-9;1-6(2)9-4-3-8-5-7(9)10;1-7(2)9-5-3-8-4-6-9;1-6(2)8-4-3-7(9)5-8;1-4(2)8-5(9)3-7-6(8)10;1-6(2)7-4-3-5-10(7,8)9;;/h8H,4-7H2,1-3H3;8H,4-7H2,1-3H3;8H,3-7H2,1-2H3;6,8H,3-5H2,1-2H3;7-8H,3-6H2,1-2H3;6-7,9H,3-5H2,1-2H3;4H,3H2,1-2H3,(H,7,10);6H,3-5H2,1-2H3;2*1H4/t;;;;;7-;;;;/m.....1..../s1. The van der Waals surface area contributed by atoms with Crippen molar-refractivity contribution in [1.82, 2.24) is 63.8 Å². The second-order valence-corrected chi connectivity index (χ2v) is 31.9. The monoisotopic (exact) mass is 1290 g/mol. The third kappa shape index (κ3) is 33.5. The molecule has 0 aromatic carbocycles. The van der Waals surface area contributed by atoms with Gasteiger partial charge in [-0.3, -0.25) is 48.0 Å². The SMILES string of the molecule is C.C.C=S1(=O)CCN(C(C)C)CC1.CC(=O)N1CCN(C(C)C)CC1.CC(C)N1C(=O)CNC1=O.CC(C)N1CCCS1(=O)=O.CC(C)N1CCN(S(C)(=O)=O)CC1.CC(C)N1CCNCC1.CC(C)N1CCNCC1=O.CC(C)N1CC[C@@H](O)C1. The van der Waals surface area contributed by atoms with Crippen LogP contribution in [0, 0.1) is 0 Å². The Bertz CT molecular complexity index is 2190. The molecule has 8 aliphatic rings. The lowest BCUT2D eigenvalue weighted by Crippen LogP contribution is -2.50.